The summed E-state index contributed by atoms with van der Waals surface area (Å²) in [6, 6.07) is 8.29. The quantitative estimate of drug-likeness (QED) is 0.560. The first-order valence-electron chi connectivity index (χ1n) is 4.89. The Morgan fingerprint density at radius 3 is 2.50 bits per heavy atom. The fourth-order valence-electron chi connectivity index (χ4n) is 1.31. The molecule has 0 amide bonds. The van der Waals surface area contributed by atoms with Crippen molar-refractivity contribution >= 4 is 13.5 Å². The van der Waals surface area contributed by atoms with Gasteiger partial charge in [-0.05, 0) is 30.8 Å². The van der Waals surface area contributed by atoms with Crippen molar-refractivity contribution < 1.29 is 4.79 Å². The summed E-state index contributed by atoms with van der Waals surface area (Å²) in [5.41, 5.74) is 3.52. The molecule has 0 saturated heterocycles. The van der Waals surface area contributed by atoms with Crippen molar-refractivity contribution in [3.05, 3.63) is 59.8 Å². The predicted molar refractivity (Wildman–Crippen MR) is 69.8 cm³/mol. The lowest BCUT2D eigenvalue weighted by molar-refractivity contribution is -0.0979. The number of rotatable bonds is 4. The number of allylic oxidation sites excluding steroid dienone is 3. The van der Waals surface area contributed by atoms with Gasteiger partial charge in [-0.15, -0.1) is 0 Å². The minimum atomic E-state index is 0.822. The van der Waals surface area contributed by atoms with E-state index >= 15 is 0 Å². The molecule has 0 atom stereocenters. The van der Waals surface area contributed by atoms with E-state index in [0.29, 0.717) is 0 Å². The van der Waals surface area contributed by atoms with Crippen molar-refractivity contribution in [2.45, 2.75) is 13.3 Å². The highest BCUT2D eigenvalue weighted by Crippen LogP contribution is 2.13. The van der Waals surface area contributed by atoms with Crippen molar-refractivity contribution in [1.82, 2.24) is 0 Å². The molecule has 1 aromatic rings. The van der Waals surface area contributed by atoms with Gasteiger partial charge >= 0.3 is 0 Å². The van der Waals surface area contributed by atoms with Gasteiger partial charge in [0.05, 0.1) is 0 Å². The average molecular weight is 215 g/mol. The van der Waals surface area contributed by atoms with Crippen LogP contribution in [0.25, 0.3) is 0 Å². The molecule has 0 spiro atoms. The molecule has 0 bridgehead atoms. The number of hydrogen-bond acceptors (Lipinski definition) is 2. The zero-order valence-electron chi connectivity index (χ0n) is 9.65. The molecule has 0 aliphatic carbocycles. The zero-order chi connectivity index (χ0) is 12.4. The van der Waals surface area contributed by atoms with Crippen LogP contribution in [0.1, 0.15) is 11.1 Å². The van der Waals surface area contributed by atoms with Gasteiger partial charge < -0.3 is 4.79 Å². The summed E-state index contributed by atoms with van der Waals surface area (Å²) < 4.78 is 0. The van der Waals surface area contributed by atoms with E-state index in [2.05, 4.69) is 37.3 Å². The molecule has 1 rings (SSSR count). The summed E-state index contributed by atoms with van der Waals surface area (Å²) in [6.07, 6.45) is 4.45. The van der Waals surface area contributed by atoms with E-state index in [1.165, 1.54) is 11.1 Å². The van der Waals surface area contributed by atoms with Crippen LogP contribution in [0.15, 0.2) is 53.7 Å². The molecular weight excluding hydrogens is 198 g/mol. The van der Waals surface area contributed by atoms with Crippen LogP contribution in [0.2, 0.25) is 0 Å². The zero-order valence-corrected chi connectivity index (χ0v) is 9.65. The first-order valence-corrected chi connectivity index (χ1v) is 4.89. The molecule has 0 N–H and O–H groups in total. The van der Waals surface area contributed by atoms with E-state index in [-0.39, 0.29) is 0 Å². The number of benzene rings is 1. The maximum atomic E-state index is 8.00. The Hall–Kier alpha value is -1.96. The minimum absolute atomic E-state index is 0.822. The van der Waals surface area contributed by atoms with Gasteiger partial charge in [0.1, 0.15) is 6.79 Å². The molecule has 1 aromatic carbocycles. The molecule has 0 radical (unpaired) electrons. The van der Waals surface area contributed by atoms with Gasteiger partial charge in [0.15, 0.2) is 0 Å². The highest BCUT2D eigenvalue weighted by atomic mass is 16.1. The third-order valence-corrected chi connectivity index (χ3v) is 2.15. The second-order valence-electron chi connectivity index (χ2n) is 3.16. The lowest BCUT2D eigenvalue weighted by Crippen LogP contribution is -1.90. The van der Waals surface area contributed by atoms with Gasteiger partial charge in [-0.1, -0.05) is 36.9 Å². The Labute approximate surface area is 97.0 Å². The van der Waals surface area contributed by atoms with Gasteiger partial charge in [0.25, 0.3) is 0 Å². The third kappa shape index (κ3) is 4.51. The van der Waals surface area contributed by atoms with Crippen LogP contribution in [0, 0.1) is 6.92 Å². The van der Waals surface area contributed by atoms with Crippen molar-refractivity contribution in [2.24, 2.45) is 4.99 Å². The van der Waals surface area contributed by atoms with E-state index in [1.54, 1.807) is 6.08 Å². The lowest BCUT2D eigenvalue weighted by Gasteiger charge is -2.04. The smallest absolute Gasteiger partial charge is 0.106 e. The SMILES string of the molecule is C=C/C=C(/Cc1ccccc1C)N=C.C=O. The molecule has 0 aromatic heterocycles. The first kappa shape index (κ1) is 14.0. The Balaban J connectivity index is 0.00000106. The van der Waals surface area contributed by atoms with Crippen LogP contribution in [0.3, 0.4) is 0 Å². The van der Waals surface area contributed by atoms with Crippen LogP contribution < -0.4 is 0 Å². The van der Waals surface area contributed by atoms with Crippen LogP contribution in [0.5, 0.6) is 0 Å². The highest BCUT2D eigenvalue weighted by Gasteiger charge is 1.99. The summed E-state index contributed by atoms with van der Waals surface area (Å²) in [6.45, 7) is 11.3. The fraction of sp³-hybridized carbons (Fsp3) is 0.143. The van der Waals surface area contributed by atoms with E-state index in [0.717, 1.165) is 12.1 Å². The monoisotopic (exact) mass is 215 g/mol. The molecule has 0 aliphatic heterocycles. The van der Waals surface area contributed by atoms with Gasteiger partial charge in [-0.25, -0.2) is 0 Å². The van der Waals surface area contributed by atoms with Crippen molar-refractivity contribution in [2.75, 3.05) is 0 Å². The highest BCUT2D eigenvalue weighted by molar-refractivity contribution is 5.35. The molecule has 0 aliphatic rings. The Morgan fingerprint density at radius 2 is 2.00 bits per heavy atom. The normalized spacial score (nSPS) is 9.94. The van der Waals surface area contributed by atoms with Crippen LogP contribution in [0.4, 0.5) is 0 Å². The number of aliphatic imine (C=N–C) groups is 1. The second-order valence-corrected chi connectivity index (χ2v) is 3.16. The first-order chi connectivity index (χ1) is 7.77. The number of hydrogen-bond donors (Lipinski definition) is 0. The average Bonchev–Trinajstić information content (AvgIpc) is 2.34. The largest absolute Gasteiger partial charge is 0.307 e. The molecule has 0 heterocycles. The topological polar surface area (TPSA) is 29.4 Å². The van der Waals surface area contributed by atoms with Crippen LogP contribution in [-0.2, 0) is 11.2 Å². The molecule has 0 unspecified atom stereocenters. The molecule has 84 valence electrons. The maximum absolute atomic E-state index is 8.00. The Kier molecular flexibility index (Phi) is 7.33. The van der Waals surface area contributed by atoms with Crippen molar-refractivity contribution in [1.29, 1.82) is 0 Å². The second kappa shape index (κ2) is 8.36. The van der Waals surface area contributed by atoms with Gasteiger partial charge in [-0.3, -0.25) is 4.99 Å². The molecule has 2 heteroatoms. The van der Waals surface area contributed by atoms with E-state index in [4.69, 9.17) is 4.79 Å². The fourth-order valence-corrected chi connectivity index (χ4v) is 1.31. The maximum Gasteiger partial charge on any atom is 0.106 e. The number of carbonyl (C=O) groups excluding carboxylic acids is 1. The van der Waals surface area contributed by atoms with E-state index < -0.39 is 0 Å². The van der Waals surface area contributed by atoms with Gasteiger partial charge in [0, 0.05) is 12.1 Å². The standard InChI is InChI=1S/C13H15N.CH2O/c1-4-7-13(14-3)10-12-9-6-5-8-11(12)2;1-2/h4-9H,1,3,10H2,2H3;1H2/b13-7-;. The molecule has 0 saturated carbocycles. The van der Waals surface area contributed by atoms with E-state index in [9.17, 15) is 0 Å². The Morgan fingerprint density at radius 1 is 1.38 bits per heavy atom. The number of aryl methyl sites for hydroxylation is 1. The Bertz CT molecular complexity index is 380. The molecule has 16 heavy (non-hydrogen) atoms. The summed E-state index contributed by atoms with van der Waals surface area (Å²) in [5.74, 6) is 0. The number of carbonyl (C=O) groups is 1. The molecule has 2 nitrogen and oxygen atoms in total. The predicted octanol–water partition coefficient (Wildman–Crippen LogP) is 3.12. The van der Waals surface area contributed by atoms with Crippen LogP contribution in [-0.4, -0.2) is 13.5 Å². The summed E-state index contributed by atoms with van der Waals surface area (Å²) >= 11 is 0. The third-order valence-electron chi connectivity index (χ3n) is 2.15. The summed E-state index contributed by atoms with van der Waals surface area (Å²) in [5, 5.41) is 0. The summed E-state index contributed by atoms with van der Waals surface area (Å²) in [4.78, 5) is 12.0. The molecular formula is C14H17NO. The van der Waals surface area contributed by atoms with Crippen LogP contribution >= 0.6 is 0 Å². The number of nitrogens with zero attached hydrogens (tertiary/aromatic N) is 1. The van der Waals surface area contributed by atoms with Gasteiger partial charge in [-0.2, -0.15) is 0 Å². The van der Waals surface area contributed by atoms with Gasteiger partial charge in [0.2, 0.25) is 0 Å². The summed E-state index contributed by atoms with van der Waals surface area (Å²) in [7, 11) is 0. The molecule has 0 fully saturated rings. The minimum Gasteiger partial charge on any atom is -0.307 e. The van der Waals surface area contributed by atoms with Crippen molar-refractivity contribution in [3.8, 4) is 0 Å². The van der Waals surface area contributed by atoms with Crippen molar-refractivity contribution in [3.63, 3.8) is 0 Å². The van der Waals surface area contributed by atoms with E-state index in [1.807, 2.05) is 25.0 Å². The lowest BCUT2D eigenvalue weighted by atomic mass is 10.0.